The normalized spacial score (nSPS) is 13.1. The van der Waals surface area contributed by atoms with E-state index in [0.29, 0.717) is 6.54 Å². The average Bonchev–Trinajstić information content (AvgIpc) is 3.02. The van der Waals surface area contributed by atoms with E-state index in [2.05, 4.69) is 10.3 Å². The van der Waals surface area contributed by atoms with Gasteiger partial charge in [-0.2, -0.15) is 13.2 Å². The van der Waals surface area contributed by atoms with E-state index in [1.165, 1.54) is 12.1 Å². The zero-order valence-electron chi connectivity index (χ0n) is 14.7. The molecular formula is C19H18F3N3OS. The van der Waals surface area contributed by atoms with Gasteiger partial charge in [-0.05, 0) is 44.3 Å². The first kappa shape index (κ1) is 19.3. The number of nitrogens with one attached hydrogen (secondary N) is 1. The van der Waals surface area contributed by atoms with Crippen LogP contribution in [0.15, 0.2) is 48.5 Å². The largest absolute Gasteiger partial charge is 0.416 e. The number of amides is 1. The molecule has 0 saturated carbocycles. The summed E-state index contributed by atoms with van der Waals surface area (Å²) in [4.78, 5) is 18.8. The minimum atomic E-state index is -4.45. The Morgan fingerprint density at radius 2 is 1.96 bits per heavy atom. The van der Waals surface area contributed by atoms with E-state index >= 15 is 0 Å². The van der Waals surface area contributed by atoms with E-state index in [1.54, 1.807) is 30.2 Å². The maximum atomic E-state index is 12.8. The minimum absolute atomic E-state index is 0.120. The summed E-state index contributed by atoms with van der Waals surface area (Å²) < 4.78 is 39.5. The lowest BCUT2D eigenvalue weighted by Crippen LogP contribution is -2.39. The molecule has 0 bridgehead atoms. The molecule has 0 fully saturated rings. The predicted molar refractivity (Wildman–Crippen MR) is 101 cm³/mol. The van der Waals surface area contributed by atoms with Gasteiger partial charge in [-0.15, -0.1) is 11.3 Å². The molecule has 0 aliphatic heterocycles. The SMILES string of the molecule is C[C@@H](C(=O)Nc1cccc(C(F)(F)F)c1)N(C)Cc1nc2ccccc2s1. The number of carbonyl (C=O) groups excluding carboxylic acids is 1. The number of likely N-dealkylation sites (N-methyl/N-ethyl adjacent to an activating group) is 1. The Morgan fingerprint density at radius 1 is 1.22 bits per heavy atom. The van der Waals surface area contributed by atoms with Gasteiger partial charge in [0.1, 0.15) is 5.01 Å². The molecule has 1 N–H and O–H groups in total. The standard InChI is InChI=1S/C19H18F3N3OS/c1-12(18(26)23-14-7-5-6-13(10-14)19(20,21)22)25(2)11-17-24-15-8-3-4-9-16(15)27-17/h3-10,12H,11H2,1-2H3,(H,23,26)/t12-/m0/s1. The molecule has 0 saturated heterocycles. The summed E-state index contributed by atoms with van der Waals surface area (Å²) in [5, 5.41) is 3.42. The Hall–Kier alpha value is -2.45. The van der Waals surface area contributed by atoms with Crippen molar-refractivity contribution in [3.05, 3.63) is 59.1 Å². The lowest BCUT2D eigenvalue weighted by atomic mass is 10.2. The molecule has 0 unspecified atom stereocenters. The number of hydrogen-bond acceptors (Lipinski definition) is 4. The molecule has 3 aromatic rings. The van der Waals surface area contributed by atoms with Gasteiger partial charge >= 0.3 is 6.18 Å². The second-order valence-electron chi connectivity index (χ2n) is 6.23. The summed E-state index contributed by atoms with van der Waals surface area (Å²) in [5.74, 6) is -0.377. The number of anilines is 1. The maximum Gasteiger partial charge on any atom is 0.416 e. The maximum absolute atomic E-state index is 12.8. The first-order valence-corrected chi connectivity index (χ1v) is 9.08. The van der Waals surface area contributed by atoms with Crippen molar-refractivity contribution < 1.29 is 18.0 Å². The van der Waals surface area contributed by atoms with Gasteiger partial charge in [-0.25, -0.2) is 4.98 Å². The molecule has 0 spiro atoms. The van der Waals surface area contributed by atoms with E-state index in [0.717, 1.165) is 27.4 Å². The van der Waals surface area contributed by atoms with Crippen LogP contribution in [0.4, 0.5) is 18.9 Å². The van der Waals surface area contributed by atoms with Crippen molar-refractivity contribution >= 4 is 33.1 Å². The molecule has 8 heteroatoms. The summed E-state index contributed by atoms with van der Waals surface area (Å²) in [6.07, 6.45) is -4.45. The quantitative estimate of drug-likeness (QED) is 0.679. The molecule has 4 nitrogen and oxygen atoms in total. The number of para-hydroxylation sites is 1. The number of halogens is 3. The molecule has 0 aliphatic carbocycles. The van der Waals surface area contributed by atoms with Crippen LogP contribution in [-0.4, -0.2) is 28.9 Å². The molecule has 2 aromatic carbocycles. The van der Waals surface area contributed by atoms with Gasteiger partial charge in [0.25, 0.3) is 0 Å². The Kier molecular flexibility index (Phi) is 5.48. The van der Waals surface area contributed by atoms with Crippen LogP contribution < -0.4 is 5.32 Å². The first-order valence-electron chi connectivity index (χ1n) is 8.27. The van der Waals surface area contributed by atoms with Crippen LogP contribution >= 0.6 is 11.3 Å². The molecule has 1 amide bonds. The Bertz CT molecular complexity index is 922. The Morgan fingerprint density at radius 3 is 2.67 bits per heavy atom. The van der Waals surface area contributed by atoms with Crippen LogP contribution in [0.3, 0.4) is 0 Å². The van der Waals surface area contributed by atoms with Crippen molar-refractivity contribution in [2.24, 2.45) is 0 Å². The third-order valence-electron chi connectivity index (χ3n) is 4.22. The number of thiazole rings is 1. The fraction of sp³-hybridized carbons (Fsp3) is 0.263. The summed E-state index contributed by atoms with van der Waals surface area (Å²) in [5.41, 5.74) is 0.234. The van der Waals surface area contributed by atoms with E-state index in [-0.39, 0.29) is 11.6 Å². The minimum Gasteiger partial charge on any atom is -0.325 e. The van der Waals surface area contributed by atoms with Crippen LogP contribution in [0.1, 0.15) is 17.5 Å². The highest BCUT2D eigenvalue weighted by Gasteiger charge is 2.30. The molecule has 0 radical (unpaired) electrons. The molecular weight excluding hydrogens is 375 g/mol. The summed E-state index contributed by atoms with van der Waals surface area (Å²) in [6, 6.07) is 11.9. The summed E-state index contributed by atoms with van der Waals surface area (Å²) in [7, 11) is 1.78. The highest BCUT2D eigenvalue weighted by molar-refractivity contribution is 7.18. The highest BCUT2D eigenvalue weighted by atomic mass is 32.1. The number of rotatable bonds is 5. The molecule has 0 aliphatic rings. The third kappa shape index (κ3) is 4.64. The predicted octanol–water partition coefficient (Wildman–Crippen LogP) is 4.77. The van der Waals surface area contributed by atoms with Crippen LogP contribution in [-0.2, 0) is 17.5 Å². The molecule has 3 rings (SSSR count). The van der Waals surface area contributed by atoms with E-state index in [9.17, 15) is 18.0 Å². The van der Waals surface area contributed by atoms with Crippen molar-refractivity contribution in [3.63, 3.8) is 0 Å². The van der Waals surface area contributed by atoms with Crippen molar-refractivity contribution in [2.75, 3.05) is 12.4 Å². The Labute approximate surface area is 158 Å². The lowest BCUT2D eigenvalue weighted by molar-refractivity contribution is -0.137. The number of fused-ring (bicyclic) bond motifs is 1. The van der Waals surface area contributed by atoms with Gasteiger partial charge in [-0.3, -0.25) is 9.69 Å². The number of aromatic nitrogens is 1. The second-order valence-corrected chi connectivity index (χ2v) is 7.35. The monoisotopic (exact) mass is 393 g/mol. The number of hydrogen-bond donors (Lipinski definition) is 1. The van der Waals surface area contributed by atoms with Gasteiger partial charge in [0.2, 0.25) is 5.91 Å². The van der Waals surface area contributed by atoms with Gasteiger partial charge in [0, 0.05) is 5.69 Å². The number of carbonyl (C=O) groups is 1. The molecule has 142 valence electrons. The average molecular weight is 393 g/mol. The zero-order valence-corrected chi connectivity index (χ0v) is 15.6. The second kappa shape index (κ2) is 7.66. The number of nitrogens with zero attached hydrogens (tertiary/aromatic N) is 2. The fourth-order valence-corrected chi connectivity index (χ4v) is 3.59. The van der Waals surface area contributed by atoms with Gasteiger partial charge in [0.05, 0.1) is 28.4 Å². The van der Waals surface area contributed by atoms with Crippen LogP contribution in [0.2, 0.25) is 0 Å². The summed E-state index contributed by atoms with van der Waals surface area (Å²) >= 11 is 1.55. The van der Waals surface area contributed by atoms with Crippen molar-refractivity contribution in [2.45, 2.75) is 25.7 Å². The Balaban J connectivity index is 1.66. The molecule has 1 heterocycles. The van der Waals surface area contributed by atoms with E-state index < -0.39 is 17.8 Å². The van der Waals surface area contributed by atoms with Gasteiger partial charge in [-0.1, -0.05) is 18.2 Å². The topological polar surface area (TPSA) is 45.2 Å². The van der Waals surface area contributed by atoms with E-state index in [4.69, 9.17) is 0 Å². The van der Waals surface area contributed by atoms with Crippen LogP contribution in [0.5, 0.6) is 0 Å². The van der Waals surface area contributed by atoms with Crippen molar-refractivity contribution in [3.8, 4) is 0 Å². The van der Waals surface area contributed by atoms with Crippen molar-refractivity contribution in [1.82, 2.24) is 9.88 Å². The first-order chi connectivity index (χ1) is 12.7. The smallest absolute Gasteiger partial charge is 0.325 e. The summed E-state index contributed by atoms with van der Waals surface area (Å²) in [6.45, 7) is 2.17. The molecule has 1 aromatic heterocycles. The highest BCUT2D eigenvalue weighted by Crippen LogP contribution is 2.30. The molecule has 1 atom stereocenters. The number of benzene rings is 2. The van der Waals surface area contributed by atoms with Crippen LogP contribution in [0, 0.1) is 0 Å². The zero-order chi connectivity index (χ0) is 19.6. The molecule has 27 heavy (non-hydrogen) atoms. The van der Waals surface area contributed by atoms with Crippen molar-refractivity contribution in [1.29, 1.82) is 0 Å². The third-order valence-corrected chi connectivity index (χ3v) is 5.24. The van der Waals surface area contributed by atoms with Crippen LogP contribution in [0.25, 0.3) is 10.2 Å². The lowest BCUT2D eigenvalue weighted by Gasteiger charge is -2.23. The number of alkyl halides is 3. The van der Waals surface area contributed by atoms with E-state index in [1.807, 2.05) is 24.3 Å². The fourth-order valence-electron chi connectivity index (χ4n) is 2.56. The van der Waals surface area contributed by atoms with Gasteiger partial charge in [0.15, 0.2) is 0 Å². The van der Waals surface area contributed by atoms with Gasteiger partial charge < -0.3 is 5.32 Å².